The smallest absolute Gasteiger partial charge is 0.214 e. The Hall–Kier alpha value is -1.50. The van der Waals surface area contributed by atoms with E-state index in [1.165, 1.54) is 10.5 Å². The van der Waals surface area contributed by atoms with E-state index < -0.39 is 0 Å². The number of nitrogens with zero attached hydrogens (tertiary/aromatic N) is 4. The predicted octanol–water partition coefficient (Wildman–Crippen LogP) is -0.416. The van der Waals surface area contributed by atoms with Crippen molar-refractivity contribution in [3.63, 3.8) is 0 Å². The van der Waals surface area contributed by atoms with Crippen LogP contribution >= 0.6 is 11.6 Å². The SMILES string of the molecule is C[NH+]1CC[NH+]([C@H](c2ccc(Cl)cc2)c2nnnn2C(C)(C)C)CC1. The summed E-state index contributed by atoms with van der Waals surface area (Å²) in [6.07, 6.45) is 0. The van der Waals surface area contributed by atoms with Gasteiger partial charge in [-0.1, -0.05) is 23.7 Å². The van der Waals surface area contributed by atoms with Gasteiger partial charge in [0.25, 0.3) is 0 Å². The minimum Gasteiger partial charge on any atom is -0.328 e. The molecule has 0 spiro atoms. The Morgan fingerprint density at radius 2 is 1.71 bits per heavy atom. The number of aromatic nitrogens is 4. The highest BCUT2D eigenvalue weighted by atomic mass is 35.5. The second kappa shape index (κ2) is 6.78. The van der Waals surface area contributed by atoms with E-state index in [1.807, 2.05) is 16.8 Å². The predicted molar refractivity (Wildman–Crippen MR) is 93.4 cm³/mol. The third-order valence-corrected chi connectivity index (χ3v) is 5.00. The monoisotopic (exact) mass is 350 g/mol. The summed E-state index contributed by atoms with van der Waals surface area (Å²) >= 11 is 6.09. The fourth-order valence-corrected chi connectivity index (χ4v) is 3.49. The maximum Gasteiger partial charge on any atom is 0.214 e. The number of rotatable bonds is 3. The van der Waals surface area contributed by atoms with Crippen molar-refractivity contribution in [1.82, 2.24) is 20.2 Å². The van der Waals surface area contributed by atoms with Crippen molar-refractivity contribution in [2.45, 2.75) is 32.4 Å². The number of tetrazole rings is 1. The maximum atomic E-state index is 6.09. The van der Waals surface area contributed by atoms with Crippen molar-refractivity contribution in [2.24, 2.45) is 0 Å². The molecule has 3 rings (SSSR count). The van der Waals surface area contributed by atoms with Crippen molar-refractivity contribution in [2.75, 3.05) is 33.2 Å². The molecule has 1 saturated heterocycles. The van der Waals surface area contributed by atoms with Gasteiger partial charge in [-0.2, -0.15) is 0 Å². The molecule has 1 aromatic carbocycles. The number of halogens is 1. The van der Waals surface area contributed by atoms with Crippen LogP contribution in [0.1, 0.15) is 38.2 Å². The standard InChI is InChI=1S/C17H25ClN6/c1-17(2,3)24-16(19-20-21-24)15(13-5-7-14(18)8-6-13)23-11-9-22(4)10-12-23/h5-8,15H,9-12H2,1-4H3/p+2/t15-/m1/s1. The first kappa shape index (κ1) is 17.3. The van der Waals surface area contributed by atoms with Gasteiger partial charge < -0.3 is 9.80 Å². The van der Waals surface area contributed by atoms with Gasteiger partial charge in [0.05, 0.1) is 12.6 Å². The Balaban J connectivity index is 2.02. The third kappa shape index (κ3) is 3.61. The fraction of sp³-hybridized carbons (Fsp3) is 0.588. The summed E-state index contributed by atoms with van der Waals surface area (Å²) < 4.78 is 1.96. The van der Waals surface area contributed by atoms with Crippen molar-refractivity contribution in [3.05, 3.63) is 40.7 Å². The molecule has 2 heterocycles. The first-order valence-electron chi connectivity index (χ1n) is 8.56. The van der Waals surface area contributed by atoms with E-state index in [9.17, 15) is 0 Å². The molecule has 1 aliphatic heterocycles. The molecule has 7 heteroatoms. The second-order valence-corrected chi connectivity index (χ2v) is 8.16. The average molecular weight is 351 g/mol. The van der Waals surface area contributed by atoms with E-state index in [1.54, 1.807) is 4.90 Å². The van der Waals surface area contributed by atoms with E-state index >= 15 is 0 Å². The van der Waals surface area contributed by atoms with Gasteiger partial charge in [0.2, 0.25) is 5.82 Å². The number of piperazine rings is 1. The van der Waals surface area contributed by atoms with Gasteiger partial charge in [-0.3, -0.25) is 0 Å². The van der Waals surface area contributed by atoms with Gasteiger partial charge in [-0.25, -0.2) is 4.68 Å². The van der Waals surface area contributed by atoms with Crippen LogP contribution in [-0.2, 0) is 5.54 Å². The number of quaternary nitrogens is 2. The number of nitrogens with one attached hydrogen (secondary N) is 2. The zero-order valence-corrected chi connectivity index (χ0v) is 15.6. The molecule has 24 heavy (non-hydrogen) atoms. The van der Waals surface area contributed by atoms with Crippen LogP contribution in [0, 0.1) is 0 Å². The Kier molecular flexibility index (Phi) is 4.90. The Morgan fingerprint density at radius 1 is 1.08 bits per heavy atom. The van der Waals surface area contributed by atoms with Gasteiger partial charge in [0.1, 0.15) is 26.2 Å². The lowest BCUT2D eigenvalue weighted by molar-refractivity contribution is -1.02. The van der Waals surface area contributed by atoms with E-state index in [2.05, 4.69) is 55.5 Å². The maximum absolute atomic E-state index is 6.09. The fourth-order valence-electron chi connectivity index (χ4n) is 3.36. The van der Waals surface area contributed by atoms with E-state index in [0.29, 0.717) is 0 Å². The van der Waals surface area contributed by atoms with Crippen LogP contribution in [0.15, 0.2) is 24.3 Å². The molecule has 0 radical (unpaired) electrons. The van der Waals surface area contributed by atoms with Crippen molar-refractivity contribution >= 4 is 11.6 Å². The quantitative estimate of drug-likeness (QED) is 0.791. The number of benzene rings is 1. The Labute approximate surface area is 148 Å². The van der Waals surface area contributed by atoms with Crippen LogP contribution in [0.25, 0.3) is 0 Å². The summed E-state index contributed by atoms with van der Waals surface area (Å²) in [4.78, 5) is 3.10. The van der Waals surface area contributed by atoms with Crippen molar-refractivity contribution < 1.29 is 9.80 Å². The largest absolute Gasteiger partial charge is 0.328 e. The van der Waals surface area contributed by atoms with E-state index in [-0.39, 0.29) is 11.6 Å². The van der Waals surface area contributed by atoms with Gasteiger partial charge >= 0.3 is 0 Å². The van der Waals surface area contributed by atoms with Crippen molar-refractivity contribution in [1.29, 1.82) is 0 Å². The molecule has 0 bridgehead atoms. The Morgan fingerprint density at radius 3 is 2.29 bits per heavy atom. The molecule has 130 valence electrons. The van der Waals surface area contributed by atoms with Crippen LogP contribution in [-0.4, -0.2) is 53.4 Å². The molecular formula is C17H27ClN6+2. The van der Waals surface area contributed by atoms with Crippen LogP contribution < -0.4 is 9.80 Å². The lowest BCUT2D eigenvalue weighted by atomic mass is 10.0. The van der Waals surface area contributed by atoms with Gasteiger partial charge in [-0.05, 0) is 43.3 Å². The summed E-state index contributed by atoms with van der Waals surface area (Å²) in [5.41, 5.74) is 1.06. The highest BCUT2D eigenvalue weighted by Gasteiger charge is 2.36. The summed E-state index contributed by atoms with van der Waals surface area (Å²) in [7, 11) is 2.26. The molecule has 1 aliphatic rings. The number of hydrogen-bond acceptors (Lipinski definition) is 3. The highest BCUT2D eigenvalue weighted by Crippen LogP contribution is 2.23. The van der Waals surface area contributed by atoms with Crippen LogP contribution in [0.2, 0.25) is 5.02 Å². The van der Waals surface area contributed by atoms with Gasteiger partial charge in [0.15, 0.2) is 6.04 Å². The minimum absolute atomic E-state index is 0.129. The second-order valence-electron chi connectivity index (χ2n) is 7.72. The Bertz CT molecular complexity index is 667. The summed E-state index contributed by atoms with van der Waals surface area (Å²) in [6, 6.07) is 8.25. The summed E-state index contributed by atoms with van der Waals surface area (Å²) in [5.74, 6) is 0.930. The molecule has 2 aromatic rings. The molecule has 1 aromatic heterocycles. The average Bonchev–Trinajstić information content (AvgIpc) is 3.01. The van der Waals surface area contributed by atoms with E-state index in [0.717, 1.165) is 37.0 Å². The third-order valence-electron chi connectivity index (χ3n) is 4.74. The van der Waals surface area contributed by atoms with Gasteiger partial charge in [0, 0.05) is 10.6 Å². The molecule has 0 saturated carbocycles. The highest BCUT2D eigenvalue weighted by molar-refractivity contribution is 6.30. The van der Waals surface area contributed by atoms with Crippen molar-refractivity contribution in [3.8, 4) is 0 Å². The zero-order valence-electron chi connectivity index (χ0n) is 14.9. The topological polar surface area (TPSA) is 52.5 Å². The normalized spacial score (nSPS) is 23.2. The summed E-state index contributed by atoms with van der Waals surface area (Å²) in [6.45, 7) is 10.9. The molecule has 2 N–H and O–H groups in total. The van der Waals surface area contributed by atoms with Gasteiger partial charge in [-0.15, -0.1) is 5.10 Å². The minimum atomic E-state index is -0.152. The number of hydrogen-bond donors (Lipinski definition) is 2. The first-order chi connectivity index (χ1) is 11.4. The molecule has 0 aliphatic carbocycles. The molecule has 6 nitrogen and oxygen atoms in total. The lowest BCUT2D eigenvalue weighted by Crippen LogP contribution is -3.27. The first-order valence-corrected chi connectivity index (χ1v) is 8.94. The number of likely N-dealkylation sites (N-methyl/N-ethyl adjacent to an activating group) is 1. The van der Waals surface area contributed by atoms with Crippen LogP contribution in [0.3, 0.4) is 0 Å². The molecule has 1 fully saturated rings. The molecule has 0 unspecified atom stereocenters. The van der Waals surface area contributed by atoms with Crippen LogP contribution in [0.4, 0.5) is 0 Å². The van der Waals surface area contributed by atoms with Crippen LogP contribution in [0.5, 0.6) is 0 Å². The zero-order chi connectivity index (χ0) is 17.3. The molecule has 1 atom stereocenters. The van der Waals surface area contributed by atoms with E-state index in [4.69, 9.17) is 11.6 Å². The molecular weight excluding hydrogens is 324 g/mol. The molecule has 0 amide bonds. The summed E-state index contributed by atoms with van der Waals surface area (Å²) in [5, 5.41) is 13.4. The lowest BCUT2D eigenvalue weighted by Gasteiger charge is -2.34.